The monoisotopic (exact) mass is 273 g/mol. The highest BCUT2D eigenvalue weighted by Gasteiger charge is 2.25. The second kappa shape index (κ2) is 4.70. The van der Waals surface area contributed by atoms with E-state index >= 15 is 0 Å². The van der Waals surface area contributed by atoms with E-state index in [1.165, 1.54) is 12.8 Å². The Morgan fingerprint density at radius 1 is 1.30 bits per heavy atom. The molecule has 4 rings (SSSR count). The molecule has 6 heteroatoms. The van der Waals surface area contributed by atoms with Crippen molar-refractivity contribution in [3.8, 4) is 0 Å². The average Bonchev–Trinajstić information content (AvgIpc) is 2.80. The van der Waals surface area contributed by atoms with Gasteiger partial charge in [0.1, 0.15) is 17.4 Å². The zero-order valence-electron chi connectivity index (χ0n) is 11.7. The summed E-state index contributed by atoms with van der Waals surface area (Å²) in [6, 6.07) is 0.317. The molecule has 0 bridgehead atoms. The van der Waals surface area contributed by atoms with E-state index < -0.39 is 0 Å². The van der Waals surface area contributed by atoms with E-state index in [-0.39, 0.29) is 0 Å². The van der Waals surface area contributed by atoms with Gasteiger partial charge in [0.25, 0.3) is 0 Å². The summed E-state index contributed by atoms with van der Waals surface area (Å²) in [5, 5.41) is 4.41. The summed E-state index contributed by atoms with van der Waals surface area (Å²) in [5.74, 6) is 1.71. The Labute approximate surface area is 117 Å². The zero-order chi connectivity index (χ0) is 13.5. The van der Waals surface area contributed by atoms with Gasteiger partial charge in [0, 0.05) is 13.1 Å². The Balaban J connectivity index is 1.69. The van der Waals surface area contributed by atoms with Gasteiger partial charge in [0.2, 0.25) is 0 Å². The number of piperidine rings is 1. The van der Waals surface area contributed by atoms with Crippen molar-refractivity contribution in [2.45, 2.75) is 25.8 Å². The maximum atomic E-state index is 5.25. The number of rotatable bonds is 2. The molecule has 4 heterocycles. The van der Waals surface area contributed by atoms with Gasteiger partial charge in [0.15, 0.2) is 5.65 Å². The van der Waals surface area contributed by atoms with Crippen molar-refractivity contribution < 1.29 is 4.74 Å². The van der Waals surface area contributed by atoms with Crippen molar-refractivity contribution in [2.75, 3.05) is 31.2 Å². The number of anilines is 1. The lowest BCUT2D eigenvalue weighted by molar-refractivity contribution is -0.0269. The van der Waals surface area contributed by atoms with Crippen LogP contribution in [0.3, 0.4) is 0 Å². The lowest BCUT2D eigenvalue weighted by Gasteiger charge is -2.31. The molecular weight excluding hydrogens is 254 g/mol. The van der Waals surface area contributed by atoms with Crippen LogP contribution in [-0.4, -0.2) is 46.1 Å². The molecule has 0 saturated carbocycles. The Hall–Kier alpha value is -1.69. The third-order valence-corrected chi connectivity index (χ3v) is 4.24. The van der Waals surface area contributed by atoms with Crippen LogP contribution in [0.15, 0.2) is 12.4 Å². The van der Waals surface area contributed by atoms with Crippen molar-refractivity contribution >= 4 is 17.0 Å². The summed E-state index contributed by atoms with van der Waals surface area (Å²) < 4.78 is 7.21. The fourth-order valence-corrected chi connectivity index (χ4v) is 2.99. The standard InChI is InChI=1S/C14H19N5O/c1-10-3-2-4-18(7-10)13-6-15-12-5-16-19(14(12)17-13)11-8-20-9-11/h5-6,10-11H,2-4,7-9H2,1H3/t10-/m0/s1. The highest BCUT2D eigenvalue weighted by atomic mass is 16.5. The van der Waals surface area contributed by atoms with Crippen LogP contribution in [0.2, 0.25) is 0 Å². The van der Waals surface area contributed by atoms with Crippen LogP contribution < -0.4 is 4.90 Å². The number of hydrogen-bond acceptors (Lipinski definition) is 5. The SMILES string of the molecule is C[C@H]1CCCN(c2cnc3cnn(C4COC4)c3n2)C1. The van der Waals surface area contributed by atoms with Crippen LogP contribution in [-0.2, 0) is 4.74 Å². The average molecular weight is 273 g/mol. The van der Waals surface area contributed by atoms with Crippen molar-refractivity contribution in [3.63, 3.8) is 0 Å². The number of fused-ring (bicyclic) bond motifs is 1. The second-order valence-electron chi connectivity index (χ2n) is 5.91. The molecule has 0 N–H and O–H groups in total. The molecule has 2 aliphatic heterocycles. The summed E-state index contributed by atoms with van der Waals surface area (Å²) in [6.45, 7) is 5.90. The molecular formula is C14H19N5O. The lowest BCUT2D eigenvalue weighted by atomic mass is 10.0. The minimum absolute atomic E-state index is 0.317. The Morgan fingerprint density at radius 3 is 2.95 bits per heavy atom. The topological polar surface area (TPSA) is 56.1 Å². The minimum Gasteiger partial charge on any atom is -0.377 e. The van der Waals surface area contributed by atoms with Crippen LogP contribution in [0.5, 0.6) is 0 Å². The van der Waals surface area contributed by atoms with Crippen LogP contribution in [0.25, 0.3) is 11.2 Å². The first-order chi connectivity index (χ1) is 9.81. The molecule has 106 valence electrons. The molecule has 20 heavy (non-hydrogen) atoms. The van der Waals surface area contributed by atoms with Crippen molar-refractivity contribution in [1.29, 1.82) is 0 Å². The predicted octanol–water partition coefficient (Wildman–Crippen LogP) is 1.63. The minimum atomic E-state index is 0.317. The molecule has 2 fully saturated rings. The smallest absolute Gasteiger partial charge is 0.179 e. The molecule has 1 atom stereocenters. The van der Waals surface area contributed by atoms with Crippen molar-refractivity contribution in [2.24, 2.45) is 5.92 Å². The maximum absolute atomic E-state index is 5.25. The number of nitrogens with zero attached hydrogens (tertiary/aromatic N) is 5. The molecule has 0 spiro atoms. The summed E-state index contributed by atoms with van der Waals surface area (Å²) in [7, 11) is 0. The van der Waals surface area contributed by atoms with Crippen LogP contribution in [0, 0.1) is 5.92 Å². The second-order valence-corrected chi connectivity index (χ2v) is 5.91. The van der Waals surface area contributed by atoms with E-state index in [2.05, 4.69) is 21.9 Å². The predicted molar refractivity (Wildman–Crippen MR) is 75.8 cm³/mol. The van der Waals surface area contributed by atoms with Gasteiger partial charge in [-0.3, -0.25) is 0 Å². The van der Waals surface area contributed by atoms with Gasteiger partial charge in [-0.15, -0.1) is 0 Å². The first-order valence-electron chi connectivity index (χ1n) is 7.34. The first kappa shape index (κ1) is 12.1. The molecule has 0 aliphatic carbocycles. The first-order valence-corrected chi connectivity index (χ1v) is 7.34. The maximum Gasteiger partial charge on any atom is 0.179 e. The third kappa shape index (κ3) is 1.95. The number of hydrogen-bond donors (Lipinski definition) is 0. The quantitative estimate of drug-likeness (QED) is 0.832. The lowest BCUT2D eigenvalue weighted by Crippen LogP contribution is -2.35. The van der Waals surface area contributed by atoms with E-state index in [0.29, 0.717) is 6.04 Å². The van der Waals surface area contributed by atoms with E-state index in [4.69, 9.17) is 9.72 Å². The molecule has 0 unspecified atom stereocenters. The molecule has 2 aromatic rings. The highest BCUT2D eigenvalue weighted by molar-refractivity contribution is 5.71. The highest BCUT2D eigenvalue weighted by Crippen LogP contribution is 2.25. The molecule has 0 radical (unpaired) electrons. The van der Waals surface area contributed by atoms with Crippen molar-refractivity contribution in [1.82, 2.24) is 19.7 Å². The fourth-order valence-electron chi connectivity index (χ4n) is 2.99. The fraction of sp³-hybridized carbons (Fsp3) is 0.643. The molecule has 0 aromatic carbocycles. The Kier molecular flexibility index (Phi) is 2.84. The van der Waals surface area contributed by atoms with E-state index in [1.54, 1.807) is 6.20 Å². The van der Waals surface area contributed by atoms with Gasteiger partial charge >= 0.3 is 0 Å². The van der Waals surface area contributed by atoms with Crippen molar-refractivity contribution in [3.05, 3.63) is 12.4 Å². The van der Waals surface area contributed by atoms with Gasteiger partial charge in [-0.05, 0) is 18.8 Å². The number of aromatic nitrogens is 4. The Bertz CT molecular complexity index is 621. The molecule has 6 nitrogen and oxygen atoms in total. The van der Waals surface area contributed by atoms with Crippen LogP contribution >= 0.6 is 0 Å². The molecule has 2 saturated heterocycles. The number of ether oxygens (including phenoxy) is 1. The third-order valence-electron chi connectivity index (χ3n) is 4.24. The largest absolute Gasteiger partial charge is 0.377 e. The Morgan fingerprint density at radius 2 is 2.20 bits per heavy atom. The zero-order valence-corrected chi connectivity index (χ0v) is 11.7. The normalized spacial score (nSPS) is 24.1. The molecule has 2 aromatic heterocycles. The van der Waals surface area contributed by atoms with Crippen LogP contribution in [0.4, 0.5) is 5.82 Å². The summed E-state index contributed by atoms with van der Waals surface area (Å²) in [6.07, 6.45) is 6.22. The van der Waals surface area contributed by atoms with Crippen LogP contribution in [0.1, 0.15) is 25.8 Å². The van der Waals surface area contributed by atoms with Gasteiger partial charge < -0.3 is 9.64 Å². The summed E-state index contributed by atoms with van der Waals surface area (Å²) in [5.41, 5.74) is 1.75. The van der Waals surface area contributed by atoms with E-state index in [9.17, 15) is 0 Å². The molecule has 2 aliphatic rings. The van der Waals surface area contributed by atoms with E-state index in [1.807, 2.05) is 10.9 Å². The molecule has 0 amide bonds. The van der Waals surface area contributed by atoms with Gasteiger partial charge in [-0.2, -0.15) is 5.10 Å². The van der Waals surface area contributed by atoms with Gasteiger partial charge in [-0.1, -0.05) is 6.92 Å². The van der Waals surface area contributed by atoms with E-state index in [0.717, 1.165) is 49.2 Å². The summed E-state index contributed by atoms with van der Waals surface area (Å²) in [4.78, 5) is 11.7. The van der Waals surface area contributed by atoms with Gasteiger partial charge in [0.05, 0.1) is 25.6 Å². The van der Waals surface area contributed by atoms with Gasteiger partial charge in [-0.25, -0.2) is 14.6 Å². The summed E-state index contributed by atoms with van der Waals surface area (Å²) >= 11 is 0.